The van der Waals surface area contributed by atoms with E-state index in [2.05, 4.69) is 16.0 Å². The molecule has 0 aliphatic heterocycles. The molecule has 0 bridgehead atoms. The lowest BCUT2D eigenvalue weighted by molar-refractivity contribution is -0.143. The number of hydrogen-bond donors (Lipinski definition) is 7. The zero-order valence-corrected chi connectivity index (χ0v) is 22.3. The van der Waals surface area contributed by atoms with Crippen LogP contribution in [0.1, 0.15) is 24.8 Å². The van der Waals surface area contributed by atoms with E-state index in [0.29, 0.717) is 17.1 Å². The van der Waals surface area contributed by atoms with Gasteiger partial charge >= 0.3 is 11.9 Å². The molecule has 0 aliphatic rings. The number of hydrogen-bond acceptors (Lipinski definition) is 9. The molecule has 1 aromatic carbocycles. The first-order valence-corrected chi connectivity index (χ1v) is 14.1. The van der Waals surface area contributed by atoms with Crippen molar-refractivity contribution in [1.82, 2.24) is 16.0 Å². The smallest absolute Gasteiger partial charge is 0.326 e. The molecule has 0 spiro atoms. The van der Waals surface area contributed by atoms with Crippen LogP contribution in [0, 0.1) is 0 Å². The van der Waals surface area contributed by atoms with Crippen LogP contribution in [0.5, 0.6) is 5.75 Å². The molecule has 0 aliphatic carbocycles. The maximum Gasteiger partial charge on any atom is 0.326 e. The normalized spacial score (nSPS) is 14.0. The van der Waals surface area contributed by atoms with E-state index in [1.165, 1.54) is 35.7 Å². The standard InChI is InChI=1S/C23H34N4O8S2/c1-36-9-7-16(21(32)26-17(23(34)35)8-10-37-2)25-22(33)18(12-19(29)30)27-20(31)15(24)11-13-3-5-14(28)6-4-13/h3-6,15-18,28H,7-12,24H2,1-2H3,(H,25,33)(H,26,32)(H,27,31)(H,29,30)(H,34,35). The van der Waals surface area contributed by atoms with E-state index in [9.17, 15) is 39.3 Å². The highest BCUT2D eigenvalue weighted by molar-refractivity contribution is 7.98. The number of aliphatic carboxylic acids is 2. The summed E-state index contributed by atoms with van der Waals surface area (Å²) >= 11 is 2.82. The summed E-state index contributed by atoms with van der Waals surface area (Å²) in [6, 6.07) is 1.07. The van der Waals surface area contributed by atoms with E-state index in [-0.39, 0.29) is 25.0 Å². The first kappa shape index (κ1) is 32.1. The number of aromatic hydroxyl groups is 1. The Kier molecular flexibility index (Phi) is 14.5. The van der Waals surface area contributed by atoms with Crippen LogP contribution in [-0.4, -0.2) is 93.2 Å². The first-order chi connectivity index (χ1) is 17.5. The third-order valence-electron chi connectivity index (χ3n) is 5.21. The van der Waals surface area contributed by atoms with Crippen LogP contribution in [0.3, 0.4) is 0 Å². The topological polar surface area (TPSA) is 208 Å². The SMILES string of the molecule is CSCCC(NC(=O)C(CCSC)NC(=O)C(CC(=O)O)NC(=O)C(N)Cc1ccc(O)cc1)C(=O)O. The fourth-order valence-corrected chi connectivity index (χ4v) is 4.13. The van der Waals surface area contributed by atoms with Gasteiger partial charge in [-0.15, -0.1) is 0 Å². The molecule has 0 aromatic heterocycles. The number of rotatable bonds is 17. The molecule has 206 valence electrons. The second-order valence-corrected chi connectivity index (χ2v) is 10.1. The summed E-state index contributed by atoms with van der Waals surface area (Å²) in [7, 11) is 0. The second kappa shape index (κ2) is 16.7. The lowest BCUT2D eigenvalue weighted by Gasteiger charge is -2.24. The predicted octanol–water partition coefficient (Wildman–Crippen LogP) is -0.218. The van der Waals surface area contributed by atoms with Crippen molar-refractivity contribution < 1.29 is 39.3 Å². The number of carboxylic acids is 2. The molecule has 0 heterocycles. The Morgan fingerprint density at radius 2 is 1.30 bits per heavy atom. The average Bonchev–Trinajstić information content (AvgIpc) is 2.84. The van der Waals surface area contributed by atoms with E-state index in [0.717, 1.165) is 0 Å². The molecule has 0 fully saturated rings. The van der Waals surface area contributed by atoms with Crippen LogP contribution in [0.4, 0.5) is 0 Å². The van der Waals surface area contributed by atoms with Gasteiger partial charge in [-0.25, -0.2) is 4.79 Å². The minimum absolute atomic E-state index is 0.0407. The number of nitrogens with two attached hydrogens (primary N) is 1. The van der Waals surface area contributed by atoms with Crippen LogP contribution in [-0.2, 0) is 30.4 Å². The Morgan fingerprint density at radius 3 is 1.81 bits per heavy atom. The molecule has 3 amide bonds. The molecule has 0 saturated carbocycles. The summed E-state index contributed by atoms with van der Waals surface area (Å²) < 4.78 is 0. The van der Waals surface area contributed by atoms with Gasteiger partial charge in [0.15, 0.2) is 0 Å². The van der Waals surface area contributed by atoms with Crippen molar-refractivity contribution in [2.24, 2.45) is 5.73 Å². The summed E-state index contributed by atoms with van der Waals surface area (Å²) in [5.41, 5.74) is 6.57. The first-order valence-electron chi connectivity index (χ1n) is 11.4. The third-order valence-corrected chi connectivity index (χ3v) is 6.50. The fourth-order valence-electron chi connectivity index (χ4n) is 3.18. The van der Waals surface area contributed by atoms with Crippen LogP contribution < -0.4 is 21.7 Å². The van der Waals surface area contributed by atoms with E-state index in [1.54, 1.807) is 24.6 Å². The summed E-state index contributed by atoms with van der Waals surface area (Å²) in [5, 5.41) is 35.2. The molecular weight excluding hydrogens is 524 g/mol. The van der Waals surface area contributed by atoms with Crippen molar-refractivity contribution in [3.05, 3.63) is 29.8 Å². The minimum atomic E-state index is -1.52. The highest BCUT2D eigenvalue weighted by Gasteiger charge is 2.31. The van der Waals surface area contributed by atoms with Gasteiger partial charge in [-0.1, -0.05) is 12.1 Å². The summed E-state index contributed by atoms with van der Waals surface area (Å²) in [5.74, 6) is -3.99. The lowest BCUT2D eigenvalue weighted by atomic mass is 10.0. The van der Waals surface area contributed by atoms with Gasteiger partial charge in [0.1, 0.15) is 23.9 Å². The number of carbonyl (C=O) groups is 5. The third kappa shape index (κ3) is 12.2. The van der Waals surface area contributed by atoms with Gasteiger partial charge in [0.2, 0.25) is 17.7 Å². The molecular formula is C23H34N4O8S2. The average molecular weight is 559 g/mol. The molecule has 0 radical (unpaired) electrons. The summed E-state index contributed by atoms with van der Waals surface area (Å²) in [6.07, 6.45) is 3.24. The van der Waals surface area contributed by atoms with Gasteiger partial charge in [0, 0.05) is 0 Å². The van der Waals surface area contributed by atoms with Crippen molar-refractivity contribution >= 4 is 53.2 Å². The molecule has 4 atom stereocenters. The number of phenols is 1. The van der Waals surface area contributed by atoms with Crippen LogP contribution in [0.15, 0.2) is 24.3 Å². The molecule has 4 unspecified atom stereocenters. The zero-order valence-electron chi connectivity index (χ0n) is 20.6. The van der Waals surface area contributed by atoms with Gasteiger partial charge in [0.05, 0.1) is 12.5 Å². The number of benzene rings is 1. The Bertz CT molecular complexity index is 932. The quantitative estimate of drug-likeness (QED) is 0.133. The zero-order chi connectivity index (χ0) is 28.0. The van der Waals surface area contributed by atoms with Crippen molar-refractivity contribution in [3.63, 3.8) is 0 Å². The number of carbonyl (C=O) groups excluding carboxylic acids is 3. The van der Waals surface area contributed by atoms with Crippen LogP contribution >= 0.6 is 23.5 Å². The van der Waals surface area contributed by atoms with E-state index in [4.69, 9.17) is 5.73 Å². The molecule has 1 aromatic rings. The highest BCUT2D eigenvalue weighted by Crippen LogP contribution is 2.11. The van der Waals surface area contributed by atoms with E-state index >= 15 is 0 Å². The number of phenolic OH excluding ortho intramolecular Hbond substituents is 1. The Labute approximate surface area is 223 Å². The summed E-state index contributed by atoms with van der Waals surface area (Å²) in [4.78, 5) is 61.2. The van der Waals surface area contributed by atoms with Crippen LogP contribution in [0.2, 0.25) is 0 Å². The molecule has 37 heavy (non-hydrogen) atoms. The van der Waals surface area contributed by atoms with Gasteiger partial charge < -0.3 is 37.0 Å². The van der Waals surface area contributed by atoms with Gasteiger partial charge in [-0.2, -0.15) is 23.5 Å². The monoisotopic (exact) mass is 558 g/mol. The Hall–Kier alpha value is -2.97. The number of carboxylic acid groups (broad SMARTS) is 2. The largest absolute Gasteiger partial charge is 0.508 e. The molecule has 1 rings (SSSR count). The maximum atomic E-state index is 12.9. The Morgan fingerprint density at radius 1 is 0.811 bits per heavy atom. The lowest BCUT2D eigenvalue weighted by Crippen LogP contribution is -2.57. The second-order valence-electron chi connectivity index (χ2n) is 8.16. The van der Waals surface area contributed by atoms with Gasteiger partial charge in [-0.05, 0) is 61.0 Å². The van der Waals surface area contributed by atoms with Crippen molar-refractivity contribution in [1.29, 1.82) is 0 Å². The number of nitrogens with one attached hydrogen (secondary N) is 3. The van der Waals surface area contributed by atoms with E-state index < -0.39 is 60.2 Å². The van der Waals surface area contributed by atoms with E-state index in [1.807, 2.05) is 0 Å². The number of thioether (sulfide) groups is 2. The highest BCUT2D eigenvalue weighted by atomic mass is 32.2. The van der Waals surface area contributed by atoms with Crippen LogP contribution in [0.25, 0.3) is 0 Å². The fraction of sp³-hybridized carbons (Fsp3) is 0.522. The molecule has 8 N–H and O–H groups in total. The summed E-state index contributed by atoms with van der Waals surface area (Å²) in [6.45, 7) is 0. The maximum absolute atomic E-state index is 12.9. The minimum Gasteiger partial charge on any atom is -0.508 e. The molecule has 12 nitrogen and oxygen atoms in total. The Balaban J connectivity index is 2.94. The predicted molar refractivity (Wildman–Crippen MR) is 141 cm³/mol. The van der Waals surface area contributed by atoms with Gasteiger partial charge in [0.25, 0.3) is 0 Å². The van der Waals surface area contributed by atoms with Crippen molar-refractivity contribution in [2.75, 3.05) is 24.0 Å². The molecule has 0 saturated heterocycles. The molecule has 14 heteroatoms. The van der Waals surface area contributed by atoms with Crippen molar-refractivity contribution in [3.8, 4) is 5.75 Å². The van der Waals surface area contributed by atoms with Crippen molar-refractivity contribution in [2.45, 2.75) is 49.9 Å². The number of amides is 3. The van der Waals surface area contributed by atoms with Gasteiger partial charge in [-0.3, -0.25) is 19.2 Å².